The van der Waals surface area contributed by atoms with E-state index in [1.807, 2.05) is 24.3 Å². The first-order valence-corrected chi connectivity index (χ1v) is 12.2. The second kappa shape index (κ2) is 11.0. The molecular formula is C25H25ClN2O6S. The molecule has 8 nitrogen and oxygen atoms in total. The molecule has 0 saturated heterocycles. The van der Waals surface area contributed by atoms with Crippen LogP contribution in [0.4, 0.5) is 5.69 Å². The van der Waals surface area contributed by atoms with Gasteiger partial charge in [0.1, 0.15) is 5.76 Å². The van der Waals surface area contributed by atoms with Gasteiger partial charge in [0, 0.05) is 29.1 Å². The van der Waals surface area contributed by atoms with Gasteiger partial charge >= 0.3 is 5.97 Å². The minimum atomic E-state index is -0.519. The fourth-order valence-electron chi connectivity index (χ4n) is 3.92. The summed E-state index contributed by atoms with van der Waals surface area (Å²) in [6, 6.07) is 11.1. The van der Waals surface area contributed by atoms with Gasteiger partial charge in [0.2, 0.25) is 5.91 Å². The molecule has 0 aliphatic carbocycles. The minimum absolute atomic E-state index is 0.169. The summed E-state index contributed by atoms with van der Waals surface area (Å²) in [7, 11) is 4.51. The molecular weight excluding hydrogens is 492 g/mol. The predicted molar refractivity (Wildman–Crippen MR) is 133 cm³/mol. The van der Waals surface area contributed by atoms with E-state index in [-0.39, 0.29) is 30.0 Å². The lowest BCUT2D eigenvalue weighted by atomic mass is 10.0. The number of hydrogen-bond acceptors (Lipinski definition) is 8. The van der Waals surface area contributed by atoms with Gasteiger partial charge in [-0.3, -0.25) is 9.59 Å². The largest absolute Gasteiger partial charge is 0.493 e. The zero-order chi connectivity index (χ0) is 24.9. The molecule has 4 rings (SSSR count). The summed E-state index contributed by atoms with van der Waals surface area (Å²) in [4.78, 5) is 29.0. The zero-order valence-electron chi connectivity index (χ0n) is 19.5. The lowest BCUT2D eigenvalue weighted by molar-refractivity contribution is -0.140. The number of fused-ring (bicyclic) bond motifs is 1. The van der Waals surface area contributed by atoms with E-state index in [9.17, 15) is 9.59 Å². The van der Waals surface area contributed by atoms with Crippen molar-refractivity contribution in [3.8, 4) is 11.5 Å². The third kappa shape index (κ3) is 5.57. The number of carbonyl (C=O) groups is 2. The monoisotopic (exact) mass is 516 g/mol. The van der Waals surface area contributed by atoms with E-state index in [1.165, 1.54) is 18.9 Å². The Morgan fingerprint density at radius 3 is 2.74 bits per heavy atom. The second-order valence-electron chi connectivity index (χ2n) is 7.81. The molecule has 0 saturated carbocycles. The molecule has 0 bridgehead atoms. The Hall–Kier alpha value is -3.17. The van der Waals surface area contributed by atoms with Crippen LogP contribution in [0.15, 0.2) is 47.0 Å². The van der Waals surface area contributed by atoms with Gasteiger partial charge in [-0.25, -0.2) is 4.98 Å². The first-order valence-electron chi connectivity index (χ1n) is 10.9. The number of aryl methyl sites for hydroxylation is 1. The molecule has 1 aliphatic rings. The molecule has 2 unspecified atom stereocenters. The van der Waals surface area contributed by atoms with E-state index in [0.717, 1.165) is 11.1 Å². The van der Waals surface area contributed by atoms with Crippen molar-refractivity contribution in [2.45, 2.75) is 29.8 Å². The van der Waals surface area contributed by atoms with Crippen LogP contribution in [0.25, 0.3) is 0 Å². The number of oxazole rings is 1. The summed E-state index contributed by atoms with van der Waals surface area (Å²) >= 11 is 7.81. The van der Waals surface area contributed by atoms with Crippen molar-refractivity contribution in [2.24, 2.45) is 0 Å². The van der Waals surface area contributed by atoms with Crippen LogP contribution >= 0.6 is 23.4 Å². The second-order valence-corrected chi connectivity index (χ2v) is 9.56. The van der Waals surface area contributed by atoms with Crippen molar-refractivity contribution in [1.82, 2.24) is 4.98 Å². The molecule has 1 amide bonds. The van der Waals surface area contributed by atoms with Crippen LogP contribution < -0.4 is 14.8 Å². The van der Waals surface area contributed by atoms with Crippen LogP contribution in [0.5, 0.6) is 11.5 Å². The third-order valence-electron chi connectivity index (χ3n) is 5.63. The van der Waals surface area contributed by atoms with Gasteiger partial charge in [-0.15, -0.1) is 11.8 Å². The Morgan fingerprint density at radius 2 is 2.00 bits per heavy atom. The van der Waals surface area contributed by atoms with E-state index in [0.29, 0.717) is 40.3 Å². The van der Waals surface area contributed by atoms with Gasteiger partial charge in [0.15, 0.2) is 17.4 Å². The molecule has 35 heavy (non-hydrogen) atoms. The number of nitrogens with zero attached hydrogens (tertiary/aromatic N) is 1. The fourth-order valence-corrected chi connectivity index (χ4v) is 5.53. The Morgan fingerprint density at radius 1 is 1.17 bits per heavy atom. The number of ether oxygens (including phenoxy) is 3. The Balaban J connectivity index is 1.67. The van der Waals surface area contributed by atoms with Crippen molar-refractivity contribution in [1.29, 1.82) is 0 Å². The lowest BCUT2D eigenvalue weighted by Gasteiger charge is -2.23. The lowest BCUT2D eigenvalue weighted by Crippen LogP contribution is -2.26. The highest BCUT2D eigenvalue weighted by Crippen LogP contribution is 2.49. The highest BCUT2D eigenvalue weighted by Gasteiger charge is 2.34. The van der Waals surface area contributed by atoms with Crippen molar-refractivity contribution in [2.75, 3.05) is 26.6 Å². The van der Waals surface area contributed by atoms with Crippen molar-refractivity contribution < 1.29 is 28.2 Å². The van der Waals surface area contributed by atoms with Crippen molar-refractivity contribution in [3.05, 3.63) is 70.4 Å². The maximum absolute atomic E-state index is 13.2. The number of carbonyl (C=O) groups excluding carboxylic acids is 2. The van der Waals surface area contributed by atoms with Gasteiger partial charge in [-0.1, -0.05) is 23.7 Å². The number of halogens is 1. The maximum atomic E-state index is 13.2. The molecule has 0 spiro atoms. The number of nitrogens with one attached hydrogen (secondary N) is 1. The van der Waals surface area contributed by atoms with E-state index in [1.54, 1.807) is 32.5 Å². The predicted octanol–water partition coefficient (Wildman–Crippen LogP) is 4.84. The molecule has 184 valence electrons. The first-order chi connectivity index (χ1) is 16.9. The highest BCUT2D eigenvalue weighted by molar-refractivity contribution is 8.01. The summed E-state index contributed by atoms with van der Waals surface area (Å²) < 4.78 is 21.7. The number of rotatable bonds is 8. The number of anilines is 1. The number of aromatic nitrogens is 1. The molecule has 0 fully saturated rings. The molecule has 10 heteroatoms. The maximum Gasteiger partial charge on any atom is 0.305 e. The van der Waals surface area contributed by atoms with E-state index < -0.39 is 5.25 Å². The van der Waals surface area contributed by atoms with E-state index in [4.69, 9.17) is 25.5 Å². The van der Waals surface area contributed by atoms with Crippen LogP contribution in [-0.4, -0.2) is 43.4 Å². The Kier molecular flexibility index (Phi) is 7.87. The number of thioether (sulfide) groups is 1. The number of benzene rings is 2. The average molecular weight is 517 g/mol. The van der Waals surface area contributed by atoms with Crippen LogP contribution in [-0.2, 0) is 27.2 Å². The summed E-state index contributed by atoms with van der Waals surface area (Å²) in [5.41, 5.74) is 2.39. The quantitative estimate of drug-likeness (QED) is 0.425. The third-order valence-corrected chi connectivity index (χ3v) is 7.35. The number of esters is 1. The van der Waals surface area contributed by atoms with Gasteiger partial charge in [0.25, 0.3) is 0 Å². The Labute approximate surface area is 212 Å². The van der Waals surface area contributed by atoms with Crippen LogP contribution in [0.2, 0.25) is 5.02 Å². The minimum Gasteiger partial charge on any atom is -0.493 e. The topological polar surface area (TPSA) is 99.9 Å². The number of hydrogen-bond donors (Lipinski definition) is 1. The van der Waals surface area contributed by atoms with Crippen LogP contribution in [0.3, 0.4) is 0 Å². The standard InChI is InChI=1S/C25H25ClN2O6S/c1-31-19-6-4-5-16(23(19)33-3)24-17-11-14(26)7-9-18(17)28-25(30)20(35-24)12-21-27-13-15(34-21)8-10-22(29)32-2/h4-7,9,11,13,20,24H,8,10,12H2,1-3H3,(H,28,30). The molecule has 1 aromatic heterocycles. The van der Waals surface area contributed by atoms with Gasteiger partial charge in [-0.05, 0) is 29.8 Å². The van der Waals surface area contributed by atoms with E-state index >= 15 is 0 Å². The van der Waals surface area contributed by atoms with Gasteiger partial charge in [-0.2, -0.15) is 0 Å². The normalized spacial score (nSPS) is 17.2. The molecule has 2 aromatic carbocycles. The highest BCUT2D eigenvalue weighted by atomic mass is 35.5. The van der Waals surface area contributed by atoms with Crippen LogP contribution in [0.1, 0.15) is 34.4 Å². The smallest absolute Gasteiger partial charge is 0.305 e. The summed E-state index contributed by atoms with van der Waals surface area (Å²) in [6.45, 7) is 0. The molecule has 0 radical (unpaired) electrons. The summed E-state index contributed by atoms with van der Waals surface area (Å²) in [5, 5.41) is 2.78. The van der Waals surface area contributed by atoms with E-state index in [2.05, 4.69) is 15.0 Å². The fraction of sp³-hybridized carbons (Fsp3) is 0.320. The van der Waals surface area contributed by atoms with Gasteiger partial charge < -0.3 is 23.9 Å². The molecule has 3 aromatic rings. The zero-order valence-corrected chi connectivity index (χ0v) is 21.1. The average Bonchev–Trinajstić information content (AvgIpc) is 3.27. The van der Waals surface area contributed by atoms with Crippen molar-refractivity contribution >= 4 is 40.9 Å². The van der Waals surface area contributed by atoms with Crippen LogP contribution in [0, 0.1) is 0 Å². The Bertz CT molecular complexity index is 1230. The SMILES string of the molecule is COC(=O)CCc1cnc(CC2SC(c3cccc(OC)c3OC)c3cc(Cl)ccc3NC2=O)o1. The first kappa shape index (κ1) is 24.9. The molecule has 1 aliphatic heterocycles. The number of amides is 1. The number of methoxy groups -OCH3 is 3. The van der Waals surface area contributed by atoms with Gasteiger partial charge in [0.05, 0.1) is 44.4 Å². The summed E-state index contributed by atoms with van der Waals surface area (Å²) in [6.07, 6.45) is 2.41. The molecule has 1 N–H and O–H groups in total. The number of para-hydroxylation sites is 1. The van der Waals surface area contributed by atoms with Crippen molar-refractivity contribution in [3.63, 3.8) is 0 Å². The molecule has 2 atom stereocenters. The summed E-state index contributed by atoms with van der Waals surface area (Å²) in [5.74, 6) is 1.67. The molecule has 2 heterocycles.